The van der Waals surface area contributed by atoms with Crippen LogP contribution >= 0.6 is 0 Å². The summed E-state index contributed by atoms with van der Waals surface area (Å²) in [5.74, 6) is 0.431. The summed E-state index contributed by atoms with van der Waals surface area (Å²) in [6, 6.07) is 0.126. The summed E-state index contributed by atoms with van der Waals surface area (Å²) in [5, 5.41) is 13.0. The van der Waals surface area contributed by atoms with Crippen molar-refractivity contribution in [3.05, 3.63) is 0 Å². The van der Waals surface area contributed by atoms with E-state index in [1.54, 1.807) is 0 Å². The molecule has 0 aromatic heterocycles. The summed E-state index contributed by atoms with van der Waals surface area (Å²) < 4.78 is 0. The monoisotopic (exact) mass is 256 g/mol. The minimum atomic E-state index is -0.304. The molecule has 1 aliphatic heterocycles. The number of nitrogens with zero attached hydrogens (tertiary/aromatic N) is 1. The lowest BCUT2D eigenvalue weighted by atomic mass is 9.95. The van der Waals surface area contributed by atoms with Crippen LogP contribution in [0.25, 0.3) is 0 Å². The Morgan fingerprint density at radius 2 is 2.06 bits per heavy atom. The van der Waals surface area contributed by atoms with E-state index in [1.807, 2.05) is 6.92 Å². The van der Waals surface area contributed by atoms with Crippen LogP contribution in [0.2, 0.25) is 0 Å². The molecule has 3 atom stereocenters. The van der Waals surface area contributed by atoms with Gasteiger partial charge in [-0.1, -0.05) is 20.8 Å². The predicted octanol–water partition coefficient (Wildman–Crippen LogP) is 1.38. The van der Waals surface area contributed by atoms with Gasteiger partial charge in [0.05, 0.1) is 12.1 Å². The van der Waals surface area contributed by atoms with Gasteiger partial charge in [-0.15, -0.1) is 0 Å². The van der Waals surface area contributed by atoms with Crippen molar-refractivity contribution in [1.29, 1.82) is 0 Å². The molecule has 106 valence electrons. The number of aliphatic hydroxyl groups excluding tert-OH is 1. The lowest BCUT2D eigenvalue weighted by molar-refractivity contribution is -0.128. The molecule has 18 heavy (non-hydrogen) atoms. The Kier molecular flexibility index (Phi) is 6.09. The molecule has 0 spiro atoms. The first-order valence-corrected chi connectivity index (χ1v) is 7.22. The number of hydrogen-bond acceptors (Lipinski definition) is 3. The summed E-state index contributed by atoms with van der Waals surface area (Å²) in [6.45, 7) is 9.68. The second-order valence-electron chi connectivity index (χ2n) is 5.53. The number of β-amino-alcohol motifs (C(OH)–C–C–N with tert-alkyl or cyclic N) is 1. The largest absolute Gasteiger partial charge is 0.392 e. The fourth-order valence-corrected chi connectivity index (χ4v) is 2.41. The molecule has 0 aromatic carbocycles. The van der Waals surface area contributed by atoms with Gasteiger partial charge in [0.25, 0.3) is 0 Å². The average molecular weight is 256 g/mol. The molecule has 0 aromatic rings. The van der Waals surface area contributed by atoms with Crippen LogP contribution in [0.5, 0.6) is 0 Å². The summed E-state index contributed by atoms with van der Waals surface area (Å²) in [5.41, 5.74) is 0. The van der Waals surface area contributed by atoms with Gasteiger partial charge in [0.1, 0.15) is 0 Å². The smallest absolute Gasteiger partial charge is 0.237 e. The SMILES string of the molecule is CCC(CC)NC(=O)C(C)N1CCC(C)C(O)C1. The number of rotatable bonds is 5. The topological polar surface area (TPSA) is 52.6 Å². The van der Waals surface area contributed by atoms with E-state index in [2.05, 4.69) is 31.0 Å². The van der Waals surface area contributed by atoms with Crippen molar-refractivity contribution in [1.82, 2.24) is 10.2 Å². The Morgan fingerprint density at radius 3 is 2.56 bits per heavy atom. The molecule has 4 heteroatoms. The first-order valence-electron chi connectivity index (χ1n) is 7.22. The minimum absolute atomic E-state index is 0.0884. The quantitative estimate of drug-likeness (QED) is 0.781. The zero-order chi connectivity index (χ0) is 13.7. The van der Waals surface area contributed by atoms with E-state index >= 15 is 0 Å². The van der Waals surface area contributed by atoms with E-state index < -0.39 is 0 Å². The third-order valence-electron chi connectivity index (χ3n) is 4.21. The van der Waals surface area contributed by atoms with E-state index in [-0.39, 0.29) is 24.1 Å². The van der Waals surface area contributed by atoms with Crippen LogP contribution in [0.15, 0.2) is 0 Å². The number of nitrogens with one attached hydrogen (secondary N) is 1. The molecular formula is C14H28N2O2. The maximum absolute atomic E-state index is 12.1. The Labute approximate surface area is 111 Å². The molecule has 0 radical (unpaired) electrons. The molecular weight excluding hydrogens is 228 g/mol. The number of amides is 1. The number of likely N-dealkylation sites (tertiary alicyclic amines) is 1. The third kappa shape index (κ3) is 3.95. The fraction of sp³-hybridized carbons (Fsp3) is 0.929. The van der Waals surface area contributed by atoms with Gasteiger partial charge in [-0.3, -0.25) is 9.69 Å². The van der Waals surface area contributed by atoms with Crippen molar-refractivity contribution in [2.45, 2.75) is 65.1 Å². The van der Waals surface area contributed by atoms with Gasteiger partial charge in [-0.05, 0) is 38.6 Å². The summed E-state index contributed by atoms with van der Waals surface area (Å²) in [7, 11) is 0. The van der Waals surface area contributed by atoms with Crippen LogP contribution in [0.4, 0.5) is 0 Å². The normalized spacial score (nSPS) is 27.2. The predicted molar refractivity (Wildman–Crippen MR) is 73.3 cm³/mol. The molecule has 1 amide bonds. The second kappa shape index (κ2) is 7.10. The van der Waals surface area contributed by atoms with E-state index in [0.717, 1.165) is 25.8 Å². The van der Waals surface area contributed by atoms with Crippen LogP contribution in [-0.2, 0) is 4.79 Å². The van der Waals surface area contributed by atoms with Crippen LogP contribution in [-0.4, -0.2) is 47.2 Å². The van der Waals surface area contributed by atoms with Crippen LogP contribution < -0.4 is 5.32 Å². The Balaban J connectivity index is 2.48. The van der Waals surface area contributed by atoms with Gasteiger partial charge in [-0.25, -0.2) is 0 Å². The zero-order valence-corrected chi connectivity index (χ0v) is 12.1. The van der Waals surface area contributed by atoms with Gasteiger partial charge in [-0.2, -0.15) is 0 Å². The zero-order valence-electron chi connectivity index (χ0n) is 12.1. The van der Waals surface area contributed by atoms with Gasteiger partial charge in [0.15, 0.2) is 0 Å². The fourth-order valence-electron chi connectivity index (χ4n) is 2.41. The summed E-state index contributed by atoms with van der Waals surface area (Å²) in [6.07, 6.45) is 2.59. The Morgan fingerprint density at radius 1 is 1.44 bits per heavy atom. The number of hydrogen-bond donors (Lipinski definition) is 2. The van der Waals surface area contributed by atoms with Crippen molar-refractivity contribution in [3.8, 4) is 0 Å². The van der Waals surface area contributed by atoms with Crippen molar-refractivity contribution >= 4 is 5.91 Å². The van der Waals surface area contributed by atoms with Crippen molar-refractivity contribution in [2.75, 3.05) is 13.1 Å². The molecule has 1 heterocycles. The number of carbonyl (C=O) groups excluding carboxylic acids is 1. The first-order chi connectivity index (χ1) is 8.49. The van der Waals surface area contributed by atoms with Gasteiger partial charge in [0, 0.05) is 12.6 Å². The second-order valence-corrected chi connectivity index (χ2v) is 5.53. The van der Waals surface area contributed by atoms with Gasteiger partial charge >= 0.3 is 0 Å². The molecule has 3 unspecified atom stereocenters. The van der Waals surface area contributed by atoms with E-state index in [1.165, 1.54) is 0 Å². The maximum atomic E-state index is 12.1. The number of carbonyl (C=O) groups is 1. The van der Waals surface area contributed by atoms with Gasteiger partial charge in [0.2, 0.25) is 5.91 Å². The van der Waals surface area contributed by atoms with Crippen molar-refractivity contribution < 1.29 is 9.90 Å². The molecule has 0 aliphatic carbocycles. The lowest BCUT2D eigenvalue weighted by Gasteiger charge is -2.37. The molecule has 1 aliphatic rings. The minimum Gasteiger partial charge on any atom is -0.392 e. The summed E-state index contributed by atoms with van der Waals surface area (Å²) >= 11 is 0. The molecule has 1 fully saturated rings. The summed E-state index contributed by atoms with van der Waals surface area (Å²) in [4.78, 5) is 14.2. The Hall–Kier alpha value is -0.610. The molecule has 0 bridgehead atoms. The lowest BCUT2D eigenvalue weighted by Crippen LogP contribution is -2.53. The molecule has 0 saturated carbocycles. The highest BCUT2D eigenvalue weighted by Crippen LogP contribution is 2.19. The average Bonchev–Trinajstić information content (AvgIpc) is 2.38. The molecule has 4 nitrogen and oxygen atoms in total. The number of piperidine rings is 1. The number of aliphatic hydroxyl groups is 1. The molecule has 1 rings (SSSR count). The van der Waals surface area contributed by atoms with E-state index in [0.29, 0.717) is 12.5 Å². The van der Waals surface area contributed by atoms with Crippen LogP contribution in [0.1, 0.15) is 47.0 Å². The molecule has 2 N–H and O–H groups in total. The van der Waals surface area contributed by atoms with Gasteiger partial charge < -0.3 is 10.4 Å². The van der Waals surface area contributed by atoms with Crippen molar-refractivity contribution in [2.24, 2.45) is 5.92 Å². The van der Waals surface area contributed by atoms with E-state index in [4.69, 9.17) is 0 Å². The van der Waals surface area contributed by atoms with Crippen LogP contribution in [0.3, 0.4) is 0 Å². The molecule has 1 saturated heterocycles. The third-order valence-corrected chi connectivity index (χ3v) is 4.21. The van der Waals surface area contributed by atoms with Crippen molar-refractivity contribution in [3.63, 3.8) is 0 Å². The maximum Gasteiger partial charge on any atom is 0.237 e. The Bertz CT molecular complexity index is 267. The first kappa shape index (κ1) is 15.4. The standard InChI is InChI=1S/C14H28N2O2/c1-5-12(6-2)15-14(18)11(4)16-8-7-10(3)13(17)9-16/h10-13,17H,5-9H2,1-4H3,(H,15,18). The highest BCUT2D eigenvalue weighted by Gasteiger charge is 2.30. The van der Waals surface area contributed by atoms with E-state index in [9.17, 15) is 9.90 Å². The van der Waals surface area contributed by atoms with Crippen LogP contribution in [0, 0.1) is 5.92 Å². The highest BCUT2D eigenvalue weighted by atomic mass is 16.3. The highest BCUT2D eigenvalue weighted by molar-refractivity contribution is 5.81.